The predicted molar refractivity (Wildman–Crippen MR) is 76.4 cm³/mol. The molecular weight excluding hydrogens is 242 g/mol. The molecule has 0 fully saturated rings. The summed E-state index contributed by atoms with van der Waals surface area (Å²) in [6.07, 6.45) is 1.13. The highest BCUT2D eigenvalue weighted by Gasteiger charge is 2.04. The molecule has 0 saturated carbocycles. The molecule has 0 aliphatic rings. The van der Waals surface area contributed by atoms with Gasteiger partial charge in [-0.05, 0) is 32.9 Å². The van der Waals surface area contributed by atoms with Gasteiger partial charge in [0.1, 0.15) is 5.75 Å². The minimum Gasteiger partial charge on any atom is -0.491 e. The molecule has 0 radical (unpaired) electrons. The van der Waals surface area contributed by atoms with E-state index in [4.69, 9.17) is 14.6 Å². The van der Waals surface area contributed by atoms with Gasteiger partial charge in [-0.15, -0.1) is 0 Å². The highest BCUT2D eigenvalue weighted by molar-refractivity contribution is 5.33. The monoisotopic (exact) mass is 267 g/mol. The van der Waals surface area contributed by atoms with Crippen LogP contribution < -0.4 is 10.1 Å². The number of rotatable bonds is 10. The predicted octanol–water partition coefficient (Wildman–Crippen LogP) is 1.96. The van der Waals surface area contributed by atoms with Gasteiger partial charge < -0.3 is 19.9 Å². The summed E-state index contributed by atoms with van der Waals surface area (Å²) in [5, 5.41) is 11.9. The van der Waals surface area contributed by atoms with Crippen LogP contribution in [0, 0.1) is 0 Å². The first kappa shape index (κ1) is 16.0. The molecule has 0 aliphatic heterocycles. The molecule has 4 nitrogen and oxygen atoms in total. The second kappa shape index (κ2) is 9.78. The normalized spacial score (nSPS) is 10.9. The van der Waals surface area contributed by atoms with Crippen LogP contribution in [0.3, 0.4) is 0 Å². The molecule has 0 bridgehead atoms. The van der Waals surface area contributed by atoms with Crippen molar-refractivity contribution < 1.29 is 14.6 Å². The molecule has 1 aromatic rings. The molecule has 2 N–H and O–H groups in total. The molecule has 108 valence electrons. The number of ether oxygens (including phenoxy) is 2. The molecule has 0 spiro atoms. The van der Waals surface area contributed by atoms with Crippen molar-refractivity contribution in [2.45, 2.75) is 32.9 Å². The third-order valence-electron chi connectivity index (χ3n) is 2.53. The summed E-state index contributed by atoms with van der Waals surface area (Å²) in [7, 11) is 0. The number of hydrogen-bond acceptors (Lipinski definition) is 4. The Hall–Kier alpha value is -1.10. The summed E-state index contributed by atoms with van der Waals surface area (Å²) in [4.78, 5) is 0. The number of aliphatic hydroxyl groups excluding tert-OH is 1. The quantitative estimate of drug-likeness (QED) is 0.636. The van der Waals surface area contributed by atoms with Gasteiger partial charge in [0.2, 0.25) is 0 Å². The molecular formula is C15H25NO3. The van der Waals surface area contributed by atoms with E-state index in [0.29, 0.717) is 13.2 Å². The van der Waals surface area contributed by atoms with E-state index in [9.17, 15) is 0 Å². The van der Waals surface area contributed by atoms with Crippen molar-refractivity contribution >= 4 is 0 Å². The largest absolute Gasteiger partial charge is 0.491 e. The topological polar surface area (TPSA) is 50.7 Å². The SMILES string of the molecule is CC(C)Oc1ccccc1CNCCCOCCO. The zero-order valence-electron chi connectivity index (χ0n) is 11.9. The number of benzene rings is 1. The summed E-state index contributed by atoms with van der Waals surface area (Å²) in [6, 6.07) is 8.09. The fourth-order valence-corrected chi connectivity index (χ4v) is 1.71. The van der Waals surface area contributed by atoms with Crippen LogP contribution in [0.1, 0.15) is 25.8 Å². The Kier molecular flexibility index (Phi) is 8.21. The number of nitrogens with one attached hydrogen (secondary N) is 1. The van der Waals surface area contributed by atoms with E-state index >= 15 is 0 Å². The first-order chi connectivity index (χ1) is 9.24. The van der Waals surface area contributed by atoms with Crippen molar-refractivity contribution in [3.63, 3.8) is 0 Å². The maximum atomic E-state index is 8.57. The molecule has 0 amide bonds. The van der Waals surface area contributed by atoms with E-state index in [-0.39, 0.29) is 12.7 Å². The summed E-state index contributed by atoms with van der Waals surface area (Å²) >= 11 is 0. The van der Waals surface area contributed by atoms with Gasteiger partial charge in [-0.3, -0.25) is 0 Å². The third-order valence-corrected chi connectivity index (χ3v) is 2.53. The first-order valence-electron chi connectivity index (χ1n) is 6.88. The maximum Gasteiger partial charge on any atom is 0.124 e. The Balaban J connectivity index is 2.25. The van der Waals surface area contributed by atoms with Crippen molar-refractivity contribution in [2.24, 2.45) is 0 Å². The summed E-state index contributed by atoms with van der Waals surface area (Å²) in [5.74, 6) is 0.946. The van der Waals surface area contributed by atoms with Gasteiger partial charge in [0, 0.05) is 18.7 Å². The van der Waals surface area contributed by atoms with Crippen molar-refractivity contribution in [2.75, 3.05) is 26.4 Å². The van der Waals surface area contributed by atoms with Gasteiger partial charge in [0.15, 0.2) is 0 Å². The fraction of sp³-hybridized carbons (Fsp3) is 0.600. The van der Waals surface area contributed by atoms with Gasteiger partial charge in [-0.1, -0.05) is 18.2 Å². The van der Waals surface area contributed by atoms with Crippen LogP contribution in [0.2, 0.25) is 0 Å². The summed E-state index contributed by atoms with van der Waals surface area (Å²) in [6.45, 7) is 6.94. The third kappa shape index (κ3) is 7.15. The molecule has 1 aromatic carbocycles. The first-order valence-corrected chi connectivity index (χ1v) is 6.88. The standard InChI is InChI=1S/C15H25NO3/c1-13(2)19-15-7-4-3-6-14(15)12-16-8-5-10-18-11-9-17/h3-4,6-7,13,16-17H,5,8-12H2,1-2H3. The van der Waals surface area contributed by atoms with Crippen LogP contribution in [-0.4, -0.2) is 37.6 Å². The van der Waals surface area contributed by atoms with E-state index in [1.54, 1.807) is 0 Å². The average Bonchev–Trinajstić information content (AvgIpc) is 2.39. The van der Waals surface area contributed by atoms with E-state index in [1.165, 1.54) is 5.56 Å². The maximum absolute atomic E-state index is 8.57. The van der Waals surface area contributed by atoms with Crippen LogP contribution in [0.5, 0.6) is 5.75 Å². The average molecular weight is 267 g/mol. The fourth-order valence-electron chi connectivity index (χ4n) is 1.71. The molecule has 0 aliphatic carbocycles. The van der Waals surface area contributed by atoms with Crippen molar-refractivity contribution in [1.82, 2.24) is 5.32 Å². The van der Waals surface area contributed by atoms with Gasteiger partial charge in [0.05, 0.1) is 19.3 Å². The van der Waals surface area contributed by atoms with E-state index < -0.39 is 0 Å². The van der Waals surface area contributed by atoms with Gasteiger partial charge in [0.25, 0.3) is 0 Å². The lowest BCUT2D eigenvalue weighted by Gasteiger charge is -2.14. The smallest absolute Gasteiger partial charge is 0.124 e. The van der Waals surface area contributed by atoms with Crippen molar-refractivity contribution in [3.05, 3.63) is 29.8 Å². The van der Waals surface area contributed by atoms with Crippen molar-refractivity contribution in [3.8, 4) is 5.75 Å². The van der Waals surface area contributed by atoms with Crippen LogP contribution in [0.25, 0.3) is 0 Å². The Morgan fingerprint density at radius 1 is 1.21 bits per heavy atom. The van der Waals surface area contributed by atoms with Crippen LogP contribution in [0.4, 0.5) is 0 Å². The Morgan fingerprint density at radius 2 is 2.00 bits per heavy atom. The summed E-state index contributed by atoms with van der Waals surface area (Å²) in [5.41, 5.74) is 1.17. The van der Waals surface area contributed by atoms with Crippen molar-refractivity contribution in [1.29, 1.82) is 0 Å². The second-order valence-electron chi connectivity index (χ2n) is 4.64. The van der Waals surface area contributed by atoms with E-state index in [0.717, 1.165) is 25.3 Å². The molecule has 1 rings (SSSR count). The zero-order valence-corrected chi connectivity index (χ0v) is 11.9. The second-order valence-corrected chi connectivity index (χ2v) is 4.64. The van der Waals surface area contributed by atoms with Crippen LogP contribution >= 0.6 is 0 Å². The van der Waals surface area contributed by atoms with Crippen LogP contribution in [-0.2, 0) is 11.3 Å². The number of hydrogen-bond donors (Lipinski definition) is 2. The zero-order chi connectivity index (χ0) is 13.9. The highest BCUT2D eigenvalue weighted by atomic mass is 16.5. The highest BCUT2D eigenvalue weighted by Crippen LogP contribution is 2.18. The molecule has 4 heteroatoms. The Bertz CT molecular complexity index is 342. The minimum absolute atomic E-state index is 0.0906. The van der Waals surface area contributed by atoms with Gasteiger partial charge >= 0.3 is 0 Å². The van der Waals surface area contributed by atoms with Gasteiger partial charge in [-0.25, -0.2) is 0 Å². The molecule has 0 atom stereocenters. The lowest BCUT2D eigenvalue weighted by atomic mass is 10.2. The lowest BCUT2D eigenvalue weighted by molar-refractivity contribution is 0.0907. The molecule has 0 unspecified atom stereocenters. The number of aliphatic hydroxyl groups is 1. The molecule has 0 aromatic heterocycles. The molecule has 19 heavy (non-hydrogen) atoms. The Labute approximate surface area is 115 Å². The van der Waals surface area contributed by atoms with Crippen LogP contribution in [0.15, 0.2) is 24.3 Å². The number of para-hydroxylation sites is 1. The van der Waals surface area contributed by atoms with Gasteiger partial charge in [-0.2, -0.15) is 0 Å². The molecule has 0 saturated heterocycles. The summed E-state index contributed by atoms with van der Waals surface area (Å²) < 4.78 is 11.0. The Morgan fingerprint density at radius 3 is 2.74 bits per heavy atom. The van der Waals surface area contributed by atoms with E-state index in [2.05, 4.69) is 11.4 Å². The molecule has 0 heterocycles. The van der Waals surface area contributed by atoms with E-state index in [1.807, 2.05) is 32.0 Å². The minimum atomic E-state index is 0.0906. The lowest BCUT2D eigenvalue weighted by Crippen LogP contribution is -2.18.